The highest BCUT2D eigenvalue weighted by molar-refractivity contribution is 9.10. The van der Waals surface area contributed by atoms with Crippen LogP contribution in [0.1, 0.15) is 27.4 Å². The van der Waals surface area contributed by atoms with Gasteiger partial charge in [0, 0.05) is 0 Å². The molecule has 5 rings (SSSR count). The number of benzene rings is 3. The summed E-state index contributed by atoms with van der Waals surface area (Å²) in [6.07, 6.45) is 1.62. The Kier molecular flexibility index (Phi) is 7.76. The van der Waals surface area contributed by atoms with E-state index in [-0.39, 0.29) is 23.0 Å². The number of ether oxygens (including phenoxy) is 3. The fraction of sp³-hybridized carbons (Fsp3) is 0.138. The van der Waals surface area contributed by atoms with Crippen molar-refractivity contribution in [3.8, 4) is 11.5 Å². The van der Waals surface area contributed by atoms with Crippen molar-refractivity contribution in [2.75, 3.05) is 14.2 Å². The molecule has 0 unspecified atom stereocenters. The smallest absolute Gasteiger partial charge is 0.373 e. The normalized spacial score (nSPS) is 14.3. The molecule has 39 heavy (non-hydrogen) atoms. The molecular weight excluding hydrogens is 586 g/mol. The summed E-state index contributed by atoms with van der Waals surface area (Å²) < 4.78 is 22.4. The van der Waals surface area contributed by atoms with Gasteiger partial charge in [-0.25, -0.2) is 4.79 Å². The molecule has 2 heterocycles. The Morgan fingerprint density at radius 2 is 1.85 bits per heavy atom. The molecule has 0 spiro atoms. The molecular formula is C29H22BrNO7S. The Labute approximate surface area is 236 Å². The van der Waals surface area contributed by atoms with Crippen LogP contribution in [-0.4, -0.2) is 36.2 Å². The Morgan fingerprint density at radius 1 is 1.05 bits per heavy atom. The maximum atomic E-state index is 13.0. The number of imide groups is 1. The zero-order chi connectivity index (χ0) is 27.5. The molecule has 1 saturated heterocycles. The monoisotopic (exact) mass is 607 g/mol. The van der Waals surface area contributed by atoms with Crippen molar-refractivity contribution in [1.82, 2.24) is 4.90 Å². The summed E-state index contributed by atoms with van der Waals surface area (Å²) in [7, 11) is 2.78. The largest absolute Gasteiger partial charge is 0.493 e. The number of nitrogens with zero attached hydrogens (tertiary/aromatic N) is 1. The Hall–Kier alpha value is -4.02. The lowest BCUT2D eigenvalue weighted by atomic mass is 10.1. The van der Waals surface area contributed by atoms with Crippen LogP contribution in [0.5, 0.6) is 11.5 Å². The van der Waals surface area contributed by atoms with Crippen molar-refractivity contribution in [3.63, 3.8) is 0 Å². The lowest BCUT2D eigenvalue weighted by Crippen LogP contribution is -2.27. The Morgan fingerprint density at radius 3 is 2.64 bits per heavy atom. The van der Waals surface area contributed by atoms with Crippen molar-refractivity contribution < 1.29 is 33.0 Å². The number of thioether (sulfide) groups is 1. The van der Waals surface area contributed by atoms with E-state index in [1.165, 1.54) is 26.4 Å². The van der Waals surface area contributed by atoms with E-state index < -0.39 is 17.1 Å². The zero-order valence-corrected chi connectivity index (χ0v) is 23.3. The fourth-order valence-corrected chi connectivity index (χ4v) is 5.56. The summed E-state index contributed by atoms with van der Waals surface area (Å²) in [4.78, 5) is 38.5. The minimum Gasteiger partial charge on any atom is -0.493 e. The van der Waals surface area contributed by atoms with Crippen LogP contribution < -0.4 is 9.47 Å². The van der Waals surface area contributed by atoms with Gasteiger partial charge >= 0.3 is 5.97 Å². The van der Waals surface area contributed by atoms with E-state index in [2.05, 4.69) is 38.9 Å². The fourth-order valence-electron chi connectivity index (χ4n) is 4.15. The third kappa shape index (κ3) is 5.57. The van der Waals surface area contributed by atoms with E-state index in [0.717, 1.165) is 33.0 Å². The van der Waals surface area contributed by atoms with E-state index >= 15 is 0 Å². The molecule has 0 bridgehead atoms. The van der Waals surface area contributed by atoms with Crippen molar-refractivity contribution in [2.24, 2.45) is 0 Å². The Bertz CT molecular complexity index is 1620. The van der Waals surface area contributed by atoms with E-state index in [4.69, 9.17) is 13.9 Å². The summed E-state index contributed by atoms with van der Waals surface area (Å²) in [5.41, 5.74) is 1.68. The second-order valence-electron chi connectivity index (χ2n) is 8.49. The van der Waals surface area contributed by atoms with Crippen molar-refractivity contribution in [1.29, 1.82) is 0 Å². The minimum absolute atomic E-state index is 0.00489. The van der Waals surface area contributed by atoms with Crippen LogP contribution in [0.4, 0.5) is 4.79 Å². The highest BCUT2D eigenvalue weighted by Gasteiger charge is 2.36. The van der Waals surface area contributed by atoms with Gasteiger partial charge in [0.05, 0.1) is 30.1 Å². The highest BCUT2D eigenvalue weighted by atomic mass is 79.9. The van der Waals surface area contributed by atoms with E-state index in [0.29, 0.717) is 28.1 Å². The summed E-state index contributed by atoms with van der Waals surface area (Å²) >= 11 is 4.38. The molecule has 0 aliphatic carbocycles. The van der Waals surface area contributed by atoms with Gasteiger partial charge in [-0.05, 0) is 79.9 Å². The summed E-state index contributed by atoms with van der Waals surface area (Å²) in [5, 5.41) is 1.80. The molecule has 8 nitrogen and oxygen atoms in total. The quantitative estimate of drug-likeness (QED) is 0.159. The maximum absolute atomic E-state index is 13.0. The second kappa shape index (κ2) is 11.4. The molecule has 3 aromatic carbocycles. The number of amides is 2. The molecule has 1 aliphatic heterocycles. The molecule has 198 valence electrons. The zero-order valence-electron chi connectivity index (χ0n) is 20.9. The predicted octanol–water partition coefficient (Wildman–Crippen LogP) is 6.81. The van der Waals surface area contributed by atoms with Crippen LogP contribution in [-0.2, 0) is 22.7 Å². The second-order valence-corrected chi connectivity index (χ2v) is 10.3. The number of fused-ring (bicyclic) bond motifs is 1. The van der Waals surface area contributed by atoms with Gasteiger partial charge in [0.25, 0.3) is 11.1 Å². The number of halogens is 1. The average molecular weight is 608 g/mol. The molecule has 0 atom stereocenters. The van der Waals surface area contributed by atoms with Crippen LogP contribution in [0.3, 0.4) is 0 Å². The highest BCUT2D eigenvalue weighted by Crippen LogP contribution is 2.40. The van der Waals surface area contributed by atoms with Gasteiger partial charge in [0.1, 0.15) is 12.4 Å². The van der Waals surface area contributed by atoms with Gasteiger partial charge in [-0.2, -0.15) is 0 Å². The predicted molar refractivity (Wildman–Crippen MR) is 151 cm³/mol. The third-order valence-corrected chi connectivity index (χ3v) is 7.53. The number of carbonyl (C=O) groups excluding carboxylic acids is 3. The number of hydrogen-bond acceptors (Lipinski definition) is 8. The number of carbonyl (C=O) groups is 3. The van der Waals surface area contributed by atoms with Gasteiger partial charge in [-0.15, -0.1) is 0 Å². The topological polar surface area (TPSA) is 95.3 Å². The maximum Gasteiger partial charge on any atom is 0.373 e. The number of methoxy groups -OCH3 is 2. The average Bonchev–Trinajstić information content (AvgIpc) is 3.52. The van der Waals surface area contributed by atoms with Crippen LogP contribution in [0.2, 0.25) is 0 Å². The standard InChI is InChI=1S/C29H22BrNO7S/c1-35-24-13-17(12-22(30)26(24)37-16-19-8-5-7-18-6-3-4-9-21(18)19)14-25-27(32)31(29(34)39-25)15-20-10-11-23(38-20)28(33)36-2/h3-14H,15-16H2,1-2H3/b25-14-. The lowest BCUT2D eigenvalue weighted by Gasteiger charge is -2.15. The van der Waals surface area contributed by atoms with Crippen LogP contribution in [0.15, 0.2) is 80.5 Å². The van der Waals surface area contributed by atoms with Crippen LogP contribution >= 0.6 is 27.7 Å². The van der Waals surface area contributed by atoms with Crippen LogP contribution in [0.25, 0.3) is 16.8 Å². The van der Waals surface area contributed by atoms with E-state index in [1.807, 2.05) is 24.3 Å². The van der Waals surface area contributed by atoms with E-state index in [1.54, 1.807) is 18.2 Å². The number of furan rings is 1. The lowest BCUT2D eigenvalue weighted by molar-refractivity contribution is -0.123. The molecule has 2 amide bonds. The number of hydrogen-bond donors (Lipinski definition) is 0. The van der Waals surface area contributed by atoms with Gasteiger partial charge < -0.3 is 18.6 Å². The molecule has 1 aliphatic rings. The molecule has 4 aromatic rings. The van der Waals surface area contributed by atoms with Gasteiger partial charge in [0.15, 0.2) is 11.5 Å². The molecule has 0 N–H and O–H groups in total. The first-order chi connectivity index (χ1) is 18.9. The van der Waals surface area contributed by atoms with Crippen molar-refractivity contribution >= 4 is 61.7 Å². The number of rotatable bonds is 8. The third-order valence-electron chi connectivity index (χ3n) is 6.04. The van der Waals surface area contributed by atoms with E-state index in [9.17, 15) is 14.4 Å². The molecule has 1 fully saturated rings. The first-order valence-corrected chi connectivity index (χ1v) is 13.4. The van der Waals surface area contributed by atoms with Gasteiger partial charge in [-0.1, -0.05) is 42.5 Å². The molecule has 1 aromatic heterocycles. The number of esters is 1. The molecule has 0 radical (unpaired) electrons. The summed E-state index contributed by atoms with van der Waals surface area (Å²) in [5.74, 6) is 0.174. The van der Waals surface area contributed by atoms with Crippen molar-refractivity contribution in [2.45, 2.75) is 13.2 Å². The van der Waals surface area contributed by atoms with Gasteiger partial charge in [-0.3, -0.25) is 14.5 Å². The first-order valence-electron chi connectivity index (χ1n) is 11.8. The van der Waals surface area contributed by atoms with Crippen molar-refractivity contribution in [3.05, 3.63) is 98.8 Å². The first kappa shape index (κ1) is 26.6. The summed E-state index contributed by atoms with van der Waals surface area (Å²) in [6.45, 7) is 0.228. The molecule has 10 heteroatoms. The molecule has 0 saturated carbocycles. The Balaban J connectivity index is 1.34. The summed E-state index contributed by atoms with van der Waals surface area (Å²) in [6, 6.07) is 20.7. The van der Waals surface area contributed by atoms with Gasteiger partial charge in [0.2, 0.25) is 5.76 Å². The van der Waals surface area contributed by atoms with Crippen LogP contribution in [0, 0.1) is 0 Å². The minimum atomic E-state index is -0.639. The SMILES string of the molecule is COC(=O)c1ccc(CN2C(=O)S/C(=C\c3cc(Br)c(OCc4cccc5ccccc45)c(OC)c3)C2=O)o1.